The third-order valence-electron chi connectivity index (χ3n) is 4.25. The third kappa shape index (κ3) is 5.29. The van der Waals surface area contributed by atoms with Gasteiger partial charge in [-0.2, -0.15) is 0 Å². The number of rotatable bonds is 6. The number of nitrogens with zero attached hydrogens (tertiary/aromatic N) is 2. The van der Waals surface area contributed by atoms with Crippen LogP contribution in [0.2, 0.25) is 0 Å². The summed E-state index contributed by atoms with van der Waals surface area (Å²) < 4.78 is 10.7. The molecule has 1 heterocycles. The van der Waals surface area contributed by atoms with Gasteiger partial charge in [0.2, 0.25) is 11.8 Å². The normalized spacial score (nSPS) is 17.9. The molecule has 2 aromatic rings. The predicted molar refractivity (Wildman–Crippen MR) is 115 cm³/mol. The Morgan fingerprint density at radius 1 is 1.24 bits per heavy atom. The van der Waals surface area contributed by atoms with E-state index in [0.717, 1.165) is 0 Å². The van der Waals surface area contributed by atoms with Crippen molar-refractivity contribution in [3.8, 4) is 11.5 Å². The van der Waals surface area contributed by atoms with Crippen LogP contribution < -0.4 is 14.8 Å². The molecular formula is C21H23N3O4S. The lowest BCUT2D eigenvalue weighted by molar-refractivity contribution is -0.128. The highest BCUT2D eigenvalue weighted by Crippen LogP contribution is 2.30. The summed E-state index contributed by atoms with van der Waals surface area (Å²) in [6, 6.07) is 14.4. The van der Waals surface area contributed by atoms with Crippen molar-refractivity contribution in [3.63, 3.8) is 0 Å². The van der Waals surface area contributed by atoms with Crippen molar-refractivity contribution in [3.05, 3.63) is 48.5 Å². The minimum atomic E-state index is -0.571. The first-order valence-corrected chi connectivity index (χ1v) is 10.1. The van der Waals surface area contributed by atoms with E-state index in [-0.39, 0.29) is 18.2 Å². The lowest BCUT2D eigenvalue weighted by Gasteiger charge is -2.28. The maximum Gasteiger partial charge on any atom is 0.238 e. The molecule has 152 valence electrons. The number of anilines is 1. The van der Waals surface area contributed by atoms with Gasteiger partial charge in [-0.05, 0) is 31.2 Å². The van der Waals surface area contributed by atoms with E-state index in [0.29, 0.717) is 34.6 Å². The van der Waals surface area contributed by atoms with E-state index < -0.39 is 5.25 Å². The standard InChI is InChI=1S/C21H23N3O4S/c1-4-28-17-10-6-7-14(12-17)22-20(26)18-13-19(25)24(2)21(29-18)23-15-8-5-9-16(11-15)27-3/h5-12,18H,4,13H2,1-3H3,(H,22,26)/t18-/m0/s1. The molecule has 7 nitrogen and oxygen atoms in total. The number of hydrogen-bond donors (Lipinski definition) is 1. The summed E-state index contributed by atoms with van der Waals surface area (Å²) >= 11 is 1.26. The summed E-state index contributed by atoms with van der Waals surface area (Å²) in [7, 11) is 3.24. The molecule has 0 radical (unpaired) electrons. The fourth-order valence-corrected chi connectivity index (χ4v) is 3.81. The predicted octanol–water partition coefficient (Wildman–Crippen LogP) is 3.68. The number of carbonyl (C=O) groups excluding carboxylic acids is 2. The Labute approximate surface area is 174 Å². The molecule has 0 bridgehead atoms. The molecule has 1 aliphatic heterocycles. The second-order valence-corrected chi connectivity index (χ2v) is 7.48. The summed E-state index contributed by atoms with van der Waals surface area (Å²) in [4.78, 5) is 31.2. The Balaban J connectivity index is 1.76. The molecule has 1 aliphatic rings. The van der Waals surface area contributed by atoms with Gasteiger partial charge in [0.05, 0.1) is 19.4 Å². The van der Waals surface area contributed by atoms with Crippen LogP contribution in [0.3, 0.4) is 0 Å². The zero-order valence-electron chi connectivity index (χ0n) is 16.5. The summed E-state index contributed by atoms with van der Waals surface area (Å²) in [5, 5.41) is 2.76. The van der Waals surface area contributed by atoms with Crippen molar-refractivity contribution in [2.45, 2.75) is 18.6 Å². The first-order chi connectivity index (χ1) is 14.0. The number of carbonyl (C=O) groups is 2. The van der Waals surface area contributed by atoms with Crippen LogP contribution in [0.15, 0.2) is 53.5 Å². The van der Waals surface area contributed by atoms with Crippen molar-refractivity contribution in [2.75, 3.05) is 26.1 Å². The molecule has 1 saturated heterocycles. The minimum absolute atomic E-state index is 0.106. The van der Waals surface area contributed by atoms with E-state index in [9.17, 15) is 9.59 Å². The average molecular weight is 413 g/mol. The van der Waals surface area contributed by atoms with Crippen molar-refractivity contribution in [1.82, 2.24) is 4.90 Å². The molecule has 8 heteroatoms. The van der Waals surface area contributed by atoms with Gasteiger partial charge in [0.1, 0.15) is 16.7 Å². The molecule has 0 saturated carbocycles. The smallest absolute Gasteiger partial charge is 0.238 e. The Kier molecular flexibility index (Phi) is 6.77. The monoisotopic (exact) mass is 413 g/mol. The van der Waals surface area contributed by atoms with Crippen molar-refractivity contribution in [2.24, 2.45) is 4.99 Å². The maximum atomic E-state index is 12.8. The number of aliphatic imine (C=N–C) groups is 1. The molecule has 0 spiro atoms. The number of hydrogen-bond acceptors (Lipinski definition) is 6. The highest BCUT2D eigenvalue weighted by molar-refractivity contribution is 8.15. The van der Waals surface area contributed by atoms with Gasteiger partial charge in [-0.3, -0.25) is 14.5 Å². The van der Waals surface area contributed by atoms with E-state index in [2.05, 4.69) is 10.3 Å². The molecule has 1 N–H and O–H groups in total. The van der Waals surface area contributed by atoms with Gasteiger partial charge < -0.3 is 14.8 Å². The minimum Gasteiger partial charge on any atom is -0.497 e. The van der Waals surface area contributed by atoms with Crippen molar-refractivity contribution >= 4 is 40.1 Å². The summed E-state index contributed by atoms with van der Waals surface area (Å²) in [6.07, 6.45) is 0.106. The van der Waals surface area contributed by atoms with E-state index >= 15 is 0 Å². The van der Waals surface area contributed by atoms with Crippen LogP contribution in [-0.4, -0.2) is 47.9 Å². The molecule has 29 heavy (non-hydrogen) atoms. The Morgan fingerprint density at radius 3 is 2.76 bits per heavy atom. The van der Waals surface area contributed by atoms with Gasteiger partial charge in [0, 0.05) is 31.3 Å². The Bertz CT molecular complexity index is 932. The first-order valence-electron chi connectivity index (χ1n) is 9.20. The number of methoxy groups -OCH3 is 1. The van der Waals surface area contributed by atoms with Crippen molar-refractivity contribution in [1.29, 1.82) is 0 Å². The molecule has 2 aromatic carbocycles. The van der Waals surface area contributed by atoms with Crippen LogP contribution in [0.5, 0.6) is 11.5 Å². The number of amides is 2. The van der Waals surface area contributed by atoms with Gasteiger partial charge in [0.15, 0.2) is 5.17 Å². The zero-order valence-corrected chi connectivity index (χ0v) is 17.4. The molecular weight excluding hydrogens is 390 g/mol. The van der Waals surface area contributed by atoms with Crippen LogP contribution in [-0.2, 0) is 9.59 Å². The third-order valence-corrected chi connectivity index (χ3v) is 5.49. The number of nitrogens with one attached hydrogen (secondary N) is 1. The highest BCUT2D eigenvalue weighted by Gasteiger charge is 2.34. The summed E-state index contributed by atoms with van der Waals surface area (Å²) in [6.45, 7) is 2.44. The molecule has 1 fully saturated rings. The quantitative estimate of drug-likeness (QED) is 0.781. The topological polar surface area (TPSA) is 80.2 Å². The number of amidine groups is 1. The largest absolute Gasteiger partial charge is 0.497 e. The fourth-order valence-electron chi connectivity index (χ4n) is 2.74. The molecule has 3 rings (SSSR count). The van der Waals surface area contributed by atoms with E-state index in [4.69, 9.17) is 9.47 Å². The van der Waals surface area contributed by atoms with Gasteiger partial charge >= 0.3 is 0 Å². The molecule has 0 aliphatic carbocycles. The van der Waals surface area contributed by atoms with E-state index in [1.807, 2.05) is 37.3 Å². The lowest BCUT2D eigenvalue weighted by atomic mass is 10.2. The summed E-state index contributed by atoms with van der Waals surface area (Å²) in [5.41, 5.74) is 1.27. The fraction of sp³-hybridized carbons (Fsp3) is 0.286. The van der Waals surface area contributed by atoms with Crippen LogP contribution in [0, 0.1) is 0 Å². The number of benzene rings is 2. The molecule has 0 aromatic heterocycles. The lowest BCUT2D eigenvalue weighted by Crippen LogP contribution is -2.43. The van der Waals surface area contributed by atoms with Gasteiger partial charge in [-0.1, -0.05) is 23.9 Å². The van der Waals surface area contributed by atoms with E-state index in [1.165, 1.54) is 16.7 Å². The summed E-state index contributed by atoms with van der Waals surface area (Å²) in [5.74, 6) is 0.944. The molecule has 2 amide bonds. The van der Waals surface area contributed by atoms with Crippen molar-refractivity contribution < 1.29 is 19.1 Å². The Morgan fingerprint density at radius 2 is 2.00 bits per heavy atom. The van der Waals surface area contributed by atoms with Gasteiger partial charge in [-0.25, -0.2) is 4.99 Å². The first kappa shape index (κ1) is 20.7. The zero-order chi connectivity index (χ0) is 20.8. The highest BCUT2D eigenvalue weighted by atomic mass is 32.2. The van der Waals surface area contributed by atoms with Crippen LogP contribution >= 0.6 is 11.8 Å². The maximum absolute atomic E-state index is 12.8. The second kappa shape index (κ2) is 9.47. The van der Waals surface area contributed by atoms with Gasteiger partial charge in [0.25, 0.3) is 0 Å². The average Bonchev–Trinajstić information content (AvgIpc) is 2.72. The van der Waals surface area contributed by atoms with Crippen LogP contribution in [0.25, 0.3) is 0 Å². The number of thioether (sulfide) groups is 1. The second-order valence-electron chi connectivity index (χ2n) is 6.31. The number of ether oxygens (including phenoxy) is 2. The van der Waals surface area contributed by atoms with Crippen LogP contribution in [0.4, 0.5) is 11.4 Å². The van der Waals surface area contributed by atoms with Gasteiger partial charge in [-0.15, -0.1) is 0 Å². The SMILES string of the molecule is CCOc1cccc(NC(=O)[C@@H]2CC(=O)N(C)C(=Nc3cccc(OC)c3)S2)c1. The van der Waals surface area contributed by atoms with E-state index in [1.54, 1.807) is 32.4 Å². The molecule has 1 atom stereocenters. The Hall–Kier alpha value is -3.00. The molecule has 0 unspecified atom stereocenters. The van der Waals surface area contributed by atoms with Crippen LogP contribution in [0.1, 0.15) is 13.3 Å².